The Morgan fingerprint density at radius 2 is 1.96 bits per heavy atom. The van der Waals surface area contributed by atoms with Gasteiger partial charge in [-0.1, -0.05) is 17.7 Å². The minimum absolute atomic E-state index is 0.0344. The summed E-state index contributed by atoms with van der Waals surface area (Å²) >= 11 is 6.37. The van der Waals surface area contributed by atoms with E-state index in [1.807, 2.05) is 31.1 Å². The second-order valence-electron chi connectivity index (χ2n) is 7.42. The molecule has 2 rings (SSSR count). The standard InChI is InChI=1S/C18H26ClN3O3/c1-18(2,3)25-17(24)21-11-13-14(19)7-6-8-15(13)22(16(23)12-21)10-9-20(4)5/h6-8H,9-12H2,1-5H3. The molecule has 1 heterocycles. The molecule has 1 aliphatic rings. The van der Waals surface area contributed by atoms with Crippen molar-refractivity contribution in [2.45, 2.75) is 32.9 Å². The third kappa shape index (κ3) is 5.09. The Morgan fingerprint density at radius 3 is 2.56 bits per heavy atom. The van der Waals surface area contributed by atoms with Crippen LogP contribution in [0.2, 0.25) is 5.02 Å². The predicted octanol–water partition coefficient (Wildman–Crippen LogP) is 2.99. The van der Waals surface area contributed by atoms with Gasteiger partial charge in [0.1, 0.15) is 12.1 Å². The highest BCUT2D eigenvalue weighted by Gasteiger charge is 2.32. The summed E-state index contributed by atoms with van der Waals surface area (Å²) in [6.45, 7) is 6.85. The maximum absolute atomic E-state index is 12.8. The van der Waals surface area contributed by atoms with Gasteiger partial charge in [-0.05, 0) is 47.0 Å². The number of hydrogen-bond acceptors (Lipinski definition) is 4. The molecule has 6 nitrogen and oxygen atoms in total. The maximum atomic E-state index is 12.8. The Labute approximate surface area is 154 Å². The van der Waals surface area contributed by atoms with Crippen LogP contribution < -0.4 is 4.90 Å². The minimum atomic E-state index is -0.625. The summed E-state index contributed by atoms with van der Waals surface area (Å²) in [5.74, 6) is -0.145. The first-order valence-corrected chi connectivity index (χ1v) is 8.66. The molecule has 0 radical (unpaired) electrons. The van der Waals surface area contributed by atoms with Gasteiger partial charge in [0.2, 0.25) is 5.91 Å². The summed E-state index contributed by atoms with van der Waals surface area (Å²) in [4.78, 5) is 30.4. The van der Waals surface area contributed by atoms with Crippen LogP contribution in [0.5, 0.6) is 0 Å². The molecule has 0 aliphatic carbocycles. The number of hydrogen-bond donors (Lipinski definition) is 0. The van der Waals surface area contributed by atoms with E-state index in [-0.39, 0.29) is 19.0 Å². The van der Waals surface area contributed by atoms with Crippen molar-refractivity contribution in [2.24, 2.45) is 0 Å². The number of carbonyl (C=O) groups excluding carboxylic acids is 2. The van der Waals surface area contributed by atoms with Crippen molar-refractivity contribution < 1.29 is 14.3 Å². The van der Waals surface area contributed by atoms with Crippen LogP contribution in [0.15, 0.2) is 18.2 Å². The number of carbonyl (C=O) groups is 2. The number of likely N-dealkylation sites (N-methyl/N-ethyl adjacent to an activating group) is 1. The lowest BCUT2D eigenvalue weighted by atomic mass is 10.1. The van der Waals surface area contributed by atoms with Crippen LogP contribution in [0.25, 0.3) is 0 Å². The maximum Gasteiger partial charge on any atom is 0.411 e. The minimum Gasteiger partial charge on any atom is -0.444 e. The lowest BCUT2D eigenvalue weighted by Crippen LogP contribution is -2.43. The molecule has 2 amide bonds. The Kier molecular flexibility index (Phi) is 5.95. The molecule has 0 saturated heterocycles. The molecule has 1 aliphatic heterocycles. The SMILES string of the molecule is CN(C)CCN1C(=O)CN(C(=O)OC(C)(C)C)Cc2c(Cl)cccc21. The highest BCUT2D eigenvalue weighted by molar-refractivity contribution is 6.32. The fraction of sp³-hybridized carbons (Fsp3) is 0.556. The number of halogens is 1. The monoisotopic (exact) mass is 367 g/mol. The third-order valence-corrected chi connectivity index (χ3v) is 4.14. The van der Waals surface area contributed by atoms with Crippen molar-refractivity contribution >= 4 is 29.3 Å². The quantitative estimate of drug-likeness (QED) is 0.824. The van der Waals surface area contributed by atoms with Crippen LogP contribution in [0.3, 0.4) is 0 Å². The summed E-state index contributed by atoms with van der Waals surface area (Å²) < 4.78 is 5.43. The smallest absolute Gasteiger partial charge is 0.411 e. The fourth-order valence-corrected chi connectivity index (χ4v) is 2.82. The molecule has 1 aromatic rings. The van der Waals surface area contributed by atoms with E-state index in [0.29, 0.717) is 18.1 Å². The average molecular weight is 368 g/mol. The normalized spacial score (nSPS) is 15.2. The molecule has 0 spiro atoms. The van der Waals surface area contributed by atoms with E-state index in [9.17, 15) is 9.59 Å². The lowest BCUT2D eigenvalue weighted by Gasteiger charge is -2.26. The number of rotatable bonds is 3. The molecule has 0 fully saturated rings. The van der Waals surface area contributed by atoms with Crippen molar-refractivity contribution in [2.75, 3.05) is 38.6 Å². The number of amides is 2. The van der Waals surface area contributed by atoms with Crippen molar-refractivity contribution in [3.8, 4) is 0 Å². The van der Waals surface area contributed by atoms with Crippen molar-refractivity contribution in [1.82, 2.24) is 9.80 Å². The molecule has 0 unspecified atom stereocenters. The van der Waals surface area contributed by atoms with E-state index in [1.165, 1.54) is 4.90 Å². The summed E-state index contributed by atoms with van der Waals surface area (Å²) in [5, 5.41) is 0.538. The van der Waals surface area contributed by atoms with Gasteiger partial charge in [0.05, 0.1) is 12.2 Å². The zero-order chi connectivity index (χ0) is 18.8. The molecule has 1 aromatic carbocycles. The Hall–Kier alpha value is -1.79. The van der Waals surface area contributed by atoms with Gasteiger partial charge in [-0.2, -0.15) is 0 Å². The van der Waals surface area contributed by atoms with Crippen LogP contribution in [0, 0.1) is 0 Å². The number of anilines is 1. The fourth-order valence-electron chi connectivity index (χ4n) is 2.59. The molecule has 0 aromatic heterocycles. The second kappa shape index (κ2) is 7.62. The highest BCUT2D eigenvalue weighted by atomic mass is 35.5. The van der Waals surface area contributed by atoms with Gasteiger partial charge in [-0.25, -0.2) is 4.79 Å². The Morgan fingerprint density at radius 1 is 1.28 bits per heavy atom. The first-order chi connectivity index (χ1) is 11.6. The molecule has 0 atom stereocenters. The van der Waals surface area contributed by atoms with Gasteiger partial charge < -0.3 is 14.5 Å². The van der Waals surface area contributed by atoms with Gasteiger partial charge >= 0.3 is 6.09 Å². The number of nitrogens with zero attached hydrogens (tertiary/aromatic N) is 3. The van der Waals surface area contributed by atoms with Crippen LogP contribution in [0.4, 0.5) is 10.5 Å². The van der Waals surface area contributed by atoms with E-state index in [1.54, 1.807) is 31.7 Å². The van der Waals surface area contributed by atoms with E-state index >= 15 is 0 Å². The van der Waals surface area contributed by atoms with Gasteiger partial charge in [-0.15, -0.1) is 0 Å². The Balaban J connectivity index is 2.34. The van der Waals surface area contributed by atoms with Gasteiger partial charge in [0.15, 0.2) is 0 Å². The first-order valence-electron chi connectivity index (χ1n) is 8.29. The number of fused-ring (bicyclic) bond motifs is 1. The van der Waals surface area contributed by atoms with Gasteiger partial charge in [0.25, 0.3) is 0 Å². The van der Waals surface area contributed by atoms with Crippen LogP contribution in [-0.2, 0) is 16.1 Å². The topological polar surface area (TPSA) is 53.1 Å². The average Bonchev–Trinajstić information content (AvgIpc) is 2.61. The van der Waals surface area contributed by atoms with E-state index in [2.05, 4.69) is 0 Å². The third-order valence-electron chi connectivity index (χ3n) is 3.78. The highest BCUT2D eigenvalue weighted by Crippen LogP contribution is 2.31. The molecule has 25 heavy (non-hydrogen) atoms. The molecule has 0 N–H and O–H groups in total. The Bertz CT molecular complexity index is 655. The van der Waals surface area contributed by atoms with Gasteiger partial charge in [-0.3, -0.25) is 9.69 Å². The van der Waals surface area contributed by atoms with E-state index in [4.69, 9.17) is 16.3 Å². The zero-order valence-corrected chi connectivity index (χ0v) is 16.3. The first kappa shape index (κ1) is 19.5. The lowest BCUT2D eigenvalue weighted by molar-refractivity contribution is -0.119. The number of ether oxygens (including phenoxy) is 1. The van der Waals surface area contributed by atoms with E-state index in [0.717, 1.165) is 11.3 Å². The summed E-state index contributed by atoms with van der Waals surface area (Å²) in [6, 6.07) is 5.46. The van der Waals surface area contributed by atoms with Crippen LogP contribution >= 0.6 is 11.6 Å². The molecule has 138 valence electrons. The molecule has 7 heteroatoms. The zero-order valence-electron chi connectivity index (χ0n) is 15.5. The van der Waals surface area contributed by atoms with Crippen molar-refractivity contribution in [3.63, 3.8) is 0 Å². The predicted molar refractivity (Wildman–Crippen MR) is 99.0 cm³/mol. The van der Waals surface area contributed by atoms with Crippen molar-refractivity contribution in [3.05, 3.63) is 28.8 Å². The molecular weight excluding hydrogens is 342 g/mol. The largest absolute Gasteiger partial charge is 0.444 e. The van der Waals surface area contributed by atoms with Crippen LogP contribution in [-0.4, -0.2) is 61.1 Å². The summed E-state index contributed by atoms with van der Waals surface area (Å²) in [7, 11) is 3.91. The van der Waals surface area contributed by atoms with Crippen molar-refractivity contribution in [1.29, 1.82) is 0 Å². The molecule has 0 bridgehead atoms. The summed E-state index contributed by atoms with van der Waals surface area (Å²) in [5.41, 5.74) is 0.894. The molecular formula is C18H26ClN3O3. The van der Waals surface area contributed by atoms with Crippen LogP contribution in [0.1, 0.15) is 26.3 Å². The van der Waals surface area contributed by atoms with Gasteiger partial charge in [0, 0.05) is 23.7 Å². The molecule has 0 saturated carbocycles. The summed E-state index contributed by atoms with van der Waals surface area (Å²) in [6.07, 6.45) is -0.513. The van der Waals surface area contributed by atoms with E-state index < -0.39 is 11.7 Å². The number of benzene rings is 1. The second-order valence-corrected chi connectivity index (χ2v) is 7.83.